The fourth-order valence-corrected chi connectivity index (χ4v) is 4.42. The van der Waals surface area contributed by atoms with E-state index in [1.807, 2.05) is 14.1 Å². The third-order valence-electron chi connectivity index (χ3n) is 6.03. The van der Waals surface area contributed by atoms with Gasteiger partial charge in [-0.3, -0.25) is 9.79 Å². The van der Waals surface area contributed by atoms with E-state index in [-0.39, 0.29) is 35.3 Å². The molecule has 1 aromatic carbocycles. The predicted octanol–water partition coefficient (Wildman–Crippen LogP) is 2.45. The lowest BCUT2D eigenvalue weighted by molar-refractivity contribution is -0.138. The van der Waals surface area contributed by atoms with Crippen LogP contribution < -0.4 is 15.5 Å². The van der Waals surface area contributed by atoms with Crippen molar-refractivity contribution in [3.63, 3.8) is 0 Å². The van der Waals surface area contributed by atoms with Gasteiger partial charge in [-0.15, -0.1) is 24.0 Å². The standard InChI is InChI=1S/C22H35N5O2.HI/c1-23-21(25-17-22(10-6-7-11-22)20(28)26(2)3)24-16-18-8-4-5-9-19(18)27-12-14-29-15-13-27;/h4-5,8-9H,6-7,10-17H2,1-3H3,(H2,23,24,25);1H. The molecular formula is C22H36IN5O2. The van der Waals surface area contributed by atoms with Crippen molar-refractivity contribution in [3.05, 3.63) is 29.8 Å². The van der Waals surface area contributed by atoms with Gasteiger partial charge >= 0.3 is 0 Å². The molecule has 2 N–H and O–H groups in total. The predicted molar refractivity (Wildman–Crippen MR) is 133 cm³/mol. The lowest BCUT2D eigenvalue weighted by Gasteiger charge is -2.32. The minimum absolute atomic E-state index is 0. The largest absolute Gasteiger partial charge is 0.378 e. The van der Waals surface area contributed by atoms with Crippen LogP contribution in [-0.4, -0.2) is 70.8 Å². The van der Waals surface area contributed by atoms with Crippen molar-refractivity contribution in [3.8, 4) is 0 Å². The molecule has 30 heavy (non-hydrogen) atoms. The van der Waals surface area contributed by atoms with Crippen molar-refractivity contribution < 1.29 is 9.53 Å². The smallest absolute Gasteiger partial charge is 0.230 e. The summed E-state index contributed by atoms with van der Waals surface area (Å²) in [6.07, 6.45) is 4.10. The van der Waals surface area contributed by atoms with E-state index in [1.165, 1.54) is 11.3 Å². The third-order valence-corrected chi connectivity index (χ3v) is 6.03. The molecule has 1 saturated carbocycles. The number of ether oxygens (including phenoxy) is 1. The number of morpholine rings is 1. The molecule has 2 aliphatic rings. The number of amides is 1. The molecule has 0 aromatic heterocycles. The number of benzene rings is 1. The number of rotatable bonds is 6. The van der Waals surface area contributed by atoms with Gasteiger partial charge in [-0.25, -0.2) is 0 Å². The van der Waals surface area contributed by atoms with E-state index < -0.39 is 0 Å². The zero-order valence-electron chi connectivity index (χ0n) is 18.4. The van der Waals surface area contributed by atoms with Gasteiger partial charge in [0.1, 0.15) is 0 Å². The number of aliphatic imine (C=N–C) groups is 1. The first-order chi connectivity index (χ1) is 14.1. The van der Waals surface area contributed by atoms with Crippen LogP contribution in [0, 0.1) is 5.41 Å². The summed E-state index contributed by atoms with van der Waals surface area (Å²) in [5, 5.41) is 6.85. The summed E-state index contributed by atoms with van der Waals surface area (Å²) in [6, 6.07) is 8.47. The SMILES string of the molecule is CN=C(NCc1ccccc1N1CCOCC1)NCC1(C(=O)N(C)C)CCCC1.I. The maximum absolute atomic E-state index is 12.8. The van der Waals surface area contributed by atoms with Gasteiger partial charge in [0.2, 0.25) is 5.91 Å². The fourth-order valence-electron chi connectivity index (χ4n) is 4.42. The second-order valence-electron chi connectivity index (χ2n) is 8.19. The molecule has 8 heteroatoms. The number of carbonyl (C=O) groups is 1. The van der Waals surface area contributed by atoms with Crippen LogP contribution in [0.2, 0.25) is 0 Å². The molecule has 1 saturated heterocycles. The maximum Gasteiger partial charge on any atom is 0.230 e. The van der Waals surface area contributed by atoms with Crippen molar-refractivity contribution in [2.75, 3.05) is 58.9 Å². The van der Waals surface area contributed by atoms with E-state index >= 15 is 0 Å². The second kappa shape index (κ2) is 11.7. The van der Waals surface area contributed by atoms with Gasteiger partial charge in [0.25, 0.3) is 0 Å². The van der Waals surface area contributed by atoms with Gasteiger partial charge in [-0.1, -0.05) is 31.0 Å². The Balaban J connectivity index is 0.00000320. The number of nitrogens with one attached hydrogen (secondary N) is 2. The Kier molecular flexibility index (Phi) is 9.67. The number of halogens is 1. The van der Waals surface area contributed by atoms with Gasteiger partial charge in [0.15, 0.2) is 5.96 Å². The molecule has 1 aliphatic heterocycles. The van der Waals surface area contributed by atoms with E-state index in [4.69, 9.17) is 4.74 Å². The highest BCUT2D eigenvalue weighted by molar-refractivity contribution is 14.0. The van der Waals surface area contributed by atoms with Crippen LogP contribution in [0.4, 0.5) is 5.69 Å². The minimum atomic E-state index is -0.313. The zero-order chi connectivity index (χ0) is 20.7. The summed E-state index contributed by atoms with van der Waals surface area (Å²) < 4.78 is 5.49. The van der Waals surface area contributed by atoms with Crippen LogP contribution in [0.25, 0.3) is 0 Å². The number of hydrogen-bond donors (Lipinski definition) is 2. The van der Waals surface area contributed by atoms with Crippen molar-refractivity contribution in [1.29, 1.82) is 0 Å². The summed E-state index contributed by atoms with van der Waals surface area (Å²) in [5.41, 5.74) is 2.17. The van der Waals surface area contributed by atoms with E-state index in [0.717, 1.165) is 57.9 Å². The van der Waals surface area contributed by atoms with Gasteiger partial charge in [0, 0.05) is 53.0 Å². The lowest BCUT2D eigenvalue weighted by Crippen LogP contribution is -2.49. The quantitative estimate of drug-likeness (QED) is 0.337. The van der Waals surface area contributed by atoms with Crippen LogP contribution >= 0.6 is 24.0 Å². The van der Waals surface area contributed by atoms with E-state index in [0.29, 0.717) is 13.1 Å². The first-order valence-corrected chi connectivity index (χ1v) is 10.6. The van der Waals surface area contributed by atoms with Crippen molar-refractivity contribution in [1.82, 2.24) is 15.5 Å². The van der Waals surface area contributed by atoms with Crippen LogP contribution in [0.5, 0.6) is 0 Å². The Labute approximate surface area is 197 Å². The summed E-state index contributed by atoms with van der Waals surface area (Å²) in [7, 11) is 5.47. The molecule has 2 fully saturated rings. The number of carbonyl (C=O) groups excluding carboxylic acids is 1. The van der Waals surface area contributed by atoms with Gasteiger partial charge in [-0.2, -0.15) is 0 Å². The number of hydrogen-bond acceptors (Lipinski definition) is 4. The van der Waals surface area contributed by atoms with Crippen molar-refractivity contribution >= 4 is 41.5 Å². The van der Waals surface area contributed by atoms with Crippen molar-refractivity contribution in [2.45, 2.75) is 32.2 Å². The molecule has 3 rings (SSSR count). The van der Waals surface area contributed by atoms with Gasteiger partial charge < -0.3 is 25.2 Å². The summed E-state index contributed by atoms with van der Waals surface area (Å²) in [5.74, 6) is 0.954. The third kappa shape index (κ3) is 6.00. The maximum atomic E-state index is 12.8. The molecule has 1 aromatic rings. The Morgan fingerprint density at radius 1 is 1.17 bits per heavy atom. The molecule has 0 bridgehead atoms. The highest BCUT2D eigenvalue weighted by atomic mass is 127. The van der Waals surface area contributed by atoms with Crippen molar-refractivity contribution in [2.24, 2.45) is 10.4 Å². The minimum Gasteiger partial charge on any atom is -0.378 e. The number of nitrogens with zero attached hydrogens (tertiary/aromatic N) is 3. The Bertz CT molecular complexity index is 713. The topological polar surface area (TPSA) is 69.2 Å². The normalized spacial score (nSPS) is 18.5. The van der Waals surface area contributed by atoms with Crippen LogP contribution in [0.1, 0.15) is 31.2 Å². The Hall–Kier alpha value is -1.55. The molecule has 1 amide bonds. The fraction of sp³-hybridized carbons (Fsp3) is 0.636. The first kappa shape index (κ1) is 24.7. The zero-order valence-corrected chi connectivity index (χ0v) is 20.8. The average Bonchev–Trinajstić information content (AvgIpc) is 3.24. The van der Waals surface area contributed by atoms with E-state index in [2.05, 4.69) is 44.8 Å². The molecular weight excluding hydrogens is 493 g/mol. The molecule has 7 nitrogen and oxygen atoms in total. The average molecular weight is 529 g/mol. The highest BCUT2D eigenvalue weighted by Gasteiger charge is 2.42. The summed E-state index contributed by atoms with van der Waals surface area (Å²) >= 11 is 0. The first-order valence-electron chi connectivity index (χ1n) is 10.6. The van der Waals surface area contributed by atoms with Gasteiger partial charge in [0.05, 0.1) is 18.6 Å². The number of guanidine groups is 1. The lowest BCUT2D eigenvalue weighted by atomic mass is 9.84. The highest BCUT2D eigenvalue weighted by Crippen LogP contribution is 2.38. The van der Waals surface area contributed by atoms with Crippen LogP contribution in [0.3, 0.4) is 0 Å². The molecule has 1 aliphatic carbocycles. The second-order valence-corrected chi connectivity index (χ2v) is 8.19. The number of para-hydroxylation sites is 1. The Morgan fingerprint density at radius 2 is 1.83 bits per heavy atom. The molecule has 0 radical (unpaired) electrons. The summed E-state index contributed by atoms with van der Waals surface area (Å²) in [6.45, 7) is 4.68. The Morgan fingerprint density at radius 3 is 2.47 bits per heavy atom. The van der Waals surface area contributed by atoms with E-state index in [9.17, 15) is 4.79 Å². The molecule has 0 spiro atoms. The van der Waals surface area contributed by atoms with Gasteiger partial charge in [-0.05, 0) is 24.5 Å². The molecule has 168 valence electrons. The molecule has 0 atom stereocenters. The van der Waals surface area contributed by atoms with Crippen LogP contribution in [0.15, 0.2) is 29.3 Å². The molecule has 0 unspecified atom stereocenters. The summed E-state index contributed by atoms with van der Waals surface area (Å²) in [4.78, 5) is 21.3. The monoisotopic (exact) mass is 529 g/mol. The van der Waals surface area contributed by atoms with Crippen LogP contribution in [-0.2, 0) is 16.1 Å². The number of anilines is 1. The molecule has 1 heterocycles. The van der Waals surface area contributed by atoms with E-state index in [1.54, 1.807) is 11.9 Å².